The molecule has 11 nitrogen and oxygen atoms in total. The minimum Gasteiger partial charge on any atom is -0.444 e. The van der Waals surface area contributed by atoms with E-state index in [0.29, 0.717) is 19.4 Å². The van der Waals surface area contributed by atoms with Gasteiger partial charge in [-0.3, -0.25) is 10.2 Å². The van der Waals surface area contributed by atoms with Crippen LogP contribution in [0, 0.1) is 15.5 Å². The van der Waals surface area contributed by atoms with Crippen molar-refractivity contribution in [1.82, 2.24) is 21.4 Å². The minimum absolute atomic E-state index is 0.234. The lowest BCUT2D eigenvalue weighted by Crippen LogP contribution is -2.48. The van der Waals surface area contributed by atoms with Crippen molar-refractivity contribution in [1.29, 1.82) is 5.41 Å². The molecule has 0 fully saturated rings. The lowest BCUT2D eigenvalue weighted by atomic mass is 10.1. The van der Waals surface area contributed by atoms with E-state index in [2.05, 4.69) is 22.9 Å². The highest BCUT2D eigenvalue weighted by molar-refractivity contribution is 5.85. The molecule has 5 N–H and O–H groups in total. The molecule has 0 aromatic rings. The smallest absolute Gasteiger partial charge is 0.408 e. The fourth-order valence-electron chi connectivity index (χ4n) is 3.32. The summed E-state index contributed by atoms with van der Waals surface area (Å²) in [7, 11) is 0. The molecule has 0 aliphatic rings. The van der Waals surface area contributed by atoms with Crippen molar-refractivity contribution in [3.05, 3.63) is 10.1 Å². The van der Waals surface area contributed by atoms with E-state index in [-0.39, 0.29) is 12.5 Å². The molecule has 0 saturated carbocycles. The number of hydrazine groups is 1. The maximum Gasteiger partial charge on any atom is 0.408 e. The number of nitro groups is 1. The van der Waals surface area contributed by atoms with Gasteiger partial charge in [0.15, 0.2) is 5.03 Å². The van der Waals surface area contributed by atoms with E-state index >= 15 is 0 Å². The van der Waals surface area contributed by atoms with Gasteiger partial charge in [-0.05, 0) is 40.0 Å². The highest BCUT2D eigenvalue weighted by Crippen LogP contribution is 2.10. The summed E-state index contributed by atoms with van der Waals surface area (Å²) in [4.78, 5) is 35.1. The monoisotopic (exact) mass is 486 g/mol. The second-order valence-corrected chi connectivity index (χ2v) is 9.48. The summed E-state index contributed by atoms with van der Waals surface area (Å²) >= 11 is 0. The lowest BCUT2D eigenvalue weighted by molar-refractivity contribution is -0.525. The fraction of sp³-hybridized carbons (Fsp3) is 0.870. The van der Waals surface area contributed by atoms with Crippen LogP contribution in [0.3, 0.4) is 0 Å². The summed E-state index contributed by atoms with van der Waals surface area (Å²) < 4.78 is 5.25. The van der Waals surface area contributed by atoms with Crippen LogP contribution in [-0.4, -0.2) is 47.7 Å². The molecule has 1 atom stereocenters. The molecule has 0 aliphatic heterocycles. The molecule has 0 unspecified atom stereocenters. The van der Waals surface area contributed by atoms with E-state index in [9.17, 15) is 19.7 Å². The lowest BCUT2D eigenvalue weighted by Gasteiger charge is -2.23. The molecule has 0 radical (unpaired) electrons. The summed E-state index contributed by atoms with van der Waals surface area (Å²) in [6.07, 6.45) is 12.1. The average molecular weight is 487 g/mol. The standard InChI is InChI=1S/C23H46N6O5/c1-5-6-7-8-9-10-11-12-13-14-17-25-20(30)19(27-22(31)34-23(2,3)4)16-15-18-26-21(24)28-29(32)33/h19H,5-18H2,1-4H3,(H,25,30)(H,27,31)(H3,24,26,28)/t19-/m1/s1. The molecule has 0 aromatic heterocycles. The zero-order chi connectivity index (χ0) is 25.8. The molecule has 198 valence electrons. The second-order valence-electron chi connectivity index (χ2n) is 9.48. The highest BCUT2D eigenvalue weighted by Gasteiger charge is 2.24. The maximum atomic E-state index is 12.6. The van der Waals surface area contributed by atoms with Crippen molar-refractivity contribution in [3.8, 4) is 0 Å². The molecule has 0 saturated heterocycles. The number of nitrogens with zero attached hydrogens (tertiary/aromatic N) is 1. The Morgan fingerprint density at radius 1 is 0.912 bits per heavy atom. The molecule has 11 heteroatoms. The third kappa shape index (κ3) is 20.0. The number of nitrogens with one attached hydrogen (secondary N) is 5. The third-order valence-corrected chi connectivity index (χ3v) is 5.01. The van der Waals surface area contributed by atoms with Crippen molar-refractivity contribution in [3.63, 3.8) is 0 Å². The average Bonchev–Trinajstić information content (AvgIpc) is 2.72. The predicted molar refractivity (Wildman–Crippen MR) is 133 cm³/mol. The van der Waals surface area contributed by atoms with E-state index in [1.165, 1.54) is 44.9 Å². The van der Waals surface area contributed by atoms with Crippen LogP contribution < -0.4 is 21.4 Å². The Balaban J connectivity index is 4.30. The summed E-state index contributed by atoms with van der Waals surface area (Å²) in [5.41, 5.74) is 1.01. The van der Waals surface area contributed by atoms with E-state index in [1.807, 2.05) is 0 Å². The first-order valence-corrected chi connectivity index (χ1v) is 12.6. The Morgan fingerprint density at radius 2 is 1.44 bits per heavy atom. The molecule has 0 aliphatic carbocycles. The normalized spacial score (nSPS) is 11.9. The molecular formula is C23H46N6O5. The van der Waals surface area contributed by atoms with Crippen molar-refractivity contribution in [2.45, 2.75) is 116 Å². The van der Waals surface area contributed by atoms with E-state index in [4.69, 9.17) is 10.1 Å². The number of hydrogen-bond donors (Lipinski definition) is 5. The van der Waals surface area contributed by atoms with Gasteiger partial charge in [0.25, 0.3) is 5.96 Å². The van der Waals surface area contributed by atoms with Gasteiger partial charge in [-0.1, -0.05) is 70.1 Å². The number of hydrogen-bond acceptors (Lipinski definition) is 6. The van der Waals surface area contributed by atoms with Gasteiger partial charge in [-0.25, -0.2) is 14.9 Å². The number of guanidine groups is 1. The molecule has 34 heavy (non-hydrogen) atoms. The first-order valence-electron chi connectivity index (χ1n) is 12.6. The number of alkyl carbamates (subject to hydrolysis) is 1. The molecule has 0 aromatic carbocycles. The van der Waals surface area contributed by atoms with Crippen LogP contribution in [0.1, 0.15) is 105 Å². The third-order valence-electron chi connectivity index (χ3n) is 5.01. The number of amides is 2. The Bertz CT molecular complexity index is 609. The van der Waals surface area contributed by atoms with Gasteiger partial charge in [0, 0.05) is 13.1 Å². The van der Waals surface area contributed by atoms with Crippen molar-refractivity contribution in [2.75, 3.05) is 13.1 Å². The minimum atomic E-state index is -0.830. The SMILES string of the molecule is CCCCCCCCCCCCNC(=O)[C@@H](CCCNC(=N)N[N+](=O)[O-])NC(=O)OC(C)(C)C. The number of ether oxygens (including phenoxy) is 1. The van der Waals surface area contributed by atoms with Gasteiger partial charge in [0.1, 0.15) is 11.6 Å². The van der Waals surface area contributed by atoms with Crippen LogP contribution in [0.15, 0.2) is 0 Å². The van der Waals surface area contributed by atoms with Crippen LogP contribution in [0.4, 0.5) is 4.79 Å². The number of carbonyl (C=O) groups is 2. The first-order chi connectivity index (χ1) is 16.0. The first kappa shape index (κ1) is 31.4. The molecule has 0 bridgehead atoms. The summed E-state index contributed by atoms with van der Waals surface area (Å²) in [5.74, 6) is -0.729. The number of rotatable bonds is 18. The van der Waals surface area contributed by atoms with Gasteiger partial charge in [0.2, 0.25) is 5.91 Å². The maximum absolute atomic E-state index is 12.6. The molecule has 0 spiro atoms. The fourth-order valence-corrected chi connectivity index (χ4v) is 3.32. The van der Waals surface area contributed by atoms with Crippen molar-refractivity contribution < 1.29 is 19.4 Å². The van der Waals surface area contributed by atoms with Gasteiger partial charge < -0.3 is 20.7 Å². The summed E-state index contributed by atoms with van der Waals surface area (Å²) in [5, 5.41) is 24.9. The second kappa shape index (κ2) is 18.8. The van der Waals surface area contributed by atoms with E-state index < -0.39 is 28.7 Å². The van der Waals surface area contributed by atoms with Gasteiger partial charge >= 0.3 is 6.09 Å². The Morgan fingerprint density at radius 3 is 1.97 bits per heavy atom. The van der Waals surface area contributed by atoms with Crippen LogP contribution in [0.5, 0.6) is 0 Å². The van der Waals surface area contributed by atoms with Crippen LogP contribution in [-0.2, 0) is 9.53 Å². The Labute approximate surface area is 204 Å². The Kier molecular flexibility index (Phi) is 17.4. The van der Waals surface area contributed by atoms with Crippen LogP contribution >= 0.6 is 0 Å². The van der Waals surface area contributed by atoms with E-state index in [1.54, 1.807) is 26.2 Å². The van der Waals surface area contributed by atoms with Crippen LogP contribution in [0.25, 0.3) is 0 Å². The van der Waals surface area contributed by atoms with Crippen LogP contribution in [0.2, 0.25) is 0 Å². The number of carbonyl (C=O) groups excluding carboxylic acids is 2. The largest absolute Gasteiger partial charge is 0.444 e. The highest BCUT2D eigenvalue weighted by atomic mass is 16.7. The van der Waals surface area contributed by atoms with Gasteiger partial charge in [0.05, 0.1) is 0 Å². The molecule has 0 rings (SSSR count). The van der Waals surface area contributed by atoms with E-state index in [0.717, 1.165) is 19.3 Å². The zero-order valence-corrected chi connectivity index (χ0v) is 21.5. The van der Waals surface area contributed by atoms with Gasteiger partial charge in [-0.15, -0.1) is 0 Å². The van der Waals surface area contributed by atoms with Crippen molar-refractivity contribution in [2.24, 2.45) is 0 Å². The Hall–Kier alpha value is -2.59. The predicted octanol–water partition coefficient (Wildman–Crippen LogP) is 4.00. The van der Waals surface area contributed by atoms with Crippen molar-refractivity contribution >= 4 is 18.0 Å². The molecule has 2 amide bonds. The molecular weight excluding hydrogens is 440 g/mol. The summed E-state index contributed by atoms with van der Waals surface area (Å²) in [6.45, 7) is 8.22. The summed E-state index contributed by atoms with van der Waals surface area (Å²) in [6, 6.07) is -0.794. The number of unbranched alkanes of at least 4 members (excludes halogenated alkanes) is 9. The molecule has 0 heterocycles. The zero-order valence-electron chi connectivity index (χ0n) is 21.5. The quantitative estimate of drug-likeness (QED) is 0.0643. The van der Waals surface area contributed by atoms with Gasteiger partial charge in [-0.2, -0.15) is 0 Å². The topological polar surface area (TPSA) is 158 Å².